The molecule has 0 amide bonds. The summed E-state index contributed by atoms with van der Waals surface area (Å²) in [7, 11) is 2.12. The lowest BCUT2D eigenvalue weighted by molar-refractivity contribution is 0.284. The highest BCUT2D eigenvalue weighted by Gasteiger charge is 2.40. The van der Waals surface area contributed by atoms with Crippen molar-refractivity contribution in [3.63, 3.8) is 0 Å². The first-order valence-electron chi connectivity index (χ1n) is 8.06. The molecule has 1 aromatic rings. The van der Waals surface area contributed by atoms with Crippen LogP contribution < -0.4 is 5.32 Å². The number of nitrogens with one attached hydrogen (secondary N) is 1. The molecule has 2 aliphatic carbocycles. The summed E-state index contributed by atoms with van der Waals surface area (Å²) < 4.78 is 0. The lowest BCUT2D eigenvalue weighted by Gasteiger charge is -2.27. The van der Waals surface area contributed by atoms with Crippen molar-refractivity contribution in [1.29, 1.82) is 0 Å². The van der Waals surface area contributed by atoms with Crippen LogP contribution in [0.1, 0.15) is 56.2 Å². The van der Waals surface area contributed by atoms with Crippen LogP contribution in [0.2, 0.25) is 0 Å². The molecule has 1 aromatic carbocycles. The van der Waals surface area contributed by atoms with E-state index in [-0.39, 0.29) is 0 Å². The van der Waals surface area contributed by atoms with Crippen molar-refractivity contribution >= 4 is 0 Å². The van der Waals surface area contributed by atoms with Crippen molar-refractivity contribution in [3.8, 4) is 0 Å². The van der Waals surface area contributed by atoms with Crippen LogP contribution >= 0.6 is 0 Å². The molecular formula is C18H27N. The van der Waals surface area contributed by atoms with Crippen molar-refractivity contribution in [2.24, 2.45) is 17.8 Å². The average molecular weight is 257 g/mol. The molecule has 104 valence electrons. The van der Waals surface area contributed by atoms with Gasteiger partial charge in [-0.25, -0.2) is 0 Å². The van der Waals surface area contributed by atoms with Crippen LogP contribution in [-0.2, 0) is 6.42 Å². The molecule has 4 unspecified atom stereocenters. The molecular weight excluding hydrogens is 230 g/mol. The first-order valence-corrected chi connectivity index (χ1v) is 8.06. The SMILES string of the molecule is CCc1cccc(C(CC2CC3CCC2C3)NC)c1. The van der Waals surface area contributed by atoms with Crippen LogP contribution in [0.5, 0.6) is 0 Å². The minimum absolute atomic E-state index is 0.552. The van der Waals surface area contributed by atoms with Gasteiger partial charge >= 0.3 is 0 Å². The Morgan fingerprint density at radius 2 is 2.16 bits per heavy atom. The third-order valence-corrected chi connectivity index (χ3v) is 5.53. The van der Waals surface area contributed by atoms with E-state index < -0.39 is 0 Å². The molecule has 1 heteroatoms. The highest BCUT2D eigenvalue weighted by atomic mass is 14.9. The molecule has 3 rings (SSSR count). The first kappa shape index (κ1) is 13.2. The quantitative estimate of drug-likeness (QED) is 0.827. The molecule has 0 aromatic heterocycles. The van der Waals surface area contributed by atoms with Crippen LogP contribution in [0.3, 0.4) is 0 Å². The second-order valence-electron chi connectivity index (χ2n) is 6.61. The van der Waals surface area contributed by atoms with E-state index in [0.717, 1.165) is 24.2 Å². The van der Waals surface area contributed by atoms with Crippen molar-refractivity contribution in [1.82, 2.24) is 5.32 Å². The predicted molar refractivity (Wildman–Crippen MR) is 81.2 cm³/mol. The van der Waals surface area contributed by atoms with Gasteiger partial charge in [-0.2, -0.15) is 0 Å². The monoisotopic (exact) mass is 257 g/mol. The largest absolute Gasteiger partial charge is 0.313 e. The zero-order valence-electron chi connectivity index (χ0n) is 12.4. The molecule has 1 nitrogen and oxygen atoms in total. The fraction of sp³-hybridized carbons (Fsp3) is 0.667. The lowest BCUT2D eigenvalue weighted by atomic mass is 9.82. The summed E-state index contributed by atoms with van der Waals surface area (Å²) in [5.41, 5.74) is 2.95. The van der Waals surface area contributed by atoms with Gasteiger partial charge < -0.3 is 5.32 Å². The van der Waals surface area contributed by atoms with E-state index in [2.05, 4.69) is 43.6 Å². The highest BCUT2D eigenvalue weighted by Crippen LogP contribution is 2.50. The van der Waals surface area contributed by atoms with Gasteiger partial charge in [0.05, 0.1) is 0 Å². The maximum absolute atomic E-state index is 3.56. The van der Waals surface area contributed by atoms with Crippen molar-refractivity contribution in [2.75, 3.05) is 7.05 Å². The Kier molecular flexibility index (Phi) is 3.93. The Labute approximate surface area is 117 Å². The van der Waals surface area contributed by atoms with Gasteiger partial charge in [-0.3, -0.25) is 0 Å². The summed E-state index contributed by atoms with van der Waals surface area (Å²) in [5.74, 6) is 3.08. The molecule has 0 spiro atoms. The summed E-state index contributed by atoms with van der Waals surface area (Å²) in [6.45, 7) is 2.24. The predicted octanol–water partition coefficient (Wildman–Crippen LogP) is 4.34. The minimum Gasteiger partial charge on any atom is -0.313 e. The molecule has 2 aliphatic rings. The average Bonchev–Trinajstić information content (AvgIpc) is 3.07. The van der Waals surface area contributed by atoms with Gasteiger partial charge in [0.1, 0.15) is 0 Å². The fourth-order valence-corrected chi connectivity index (χ4v) is 4.42. The molecule has 0 saturated heterocycles. The van der Waals surface area contributed by atoms with E-state index in [0.29, 0.717) is 6.04 Å². The second kappa shape index (κ2) is 5.66. The van der Waals surface area contributed by atoms with E-state index >= 15 is 0 Å². The van der Waals surface area contributed by atoms with Crippen molar-refractivity contribution in [3.05, 3.63) is 35.4 Å². The zero-order chi connectivity index (χ0) is 13.2. The van der Waals surface area contributed by atoms with Crippen molar-refractivity contribution in [2.45, 2.75) is 51.5 Å². The van der Waals surface area contributed by atoms with E-state index in [1.807, 2.05) is 0 Å². The van der Waals surface area contributed by atoms with Gasteiger partial charge in [-0.1, -0.05) is 37.6 Å². The number of benzene rings is 1. The standard InChI is InChI=1S/C18H27N/c1-3-13-5-4-6-16(9-13)18(19-2)12-17-11-14-7-8-15(17)10-14/h4-6,9,14-15,17-19H,3,7-8,10-12H2,1-2H3. The summed E-state index contributed by atoms with van der Waals surface area (Å²) >= 11 is 0. The summed E-state index contributed by atoms with van der Waals surface area (Å²) in [5, 5.41) is 3.56. The summed E-state index contributed by atoms with van der Waals surface area (Å²) in [6.07, 6.45) is 8.51. The number of aryl methyl sites for hydroxylation is 1. The lowest BCUT2D eigenvalue weighted by Crippen LogP contribution is -2.22. The first-order chi connectivity index (χ1) is 9.30. The molecule has 0 radical (unpaired) electrons. The summed E-state index contributed by atoms with van der Waals surface area (Å²) in [6, 6.07) is 9.71. The topological polar surface area (TPSA) is 12.0 Å². The maximum Gasteiger partial charge on any atom is 0.0320 e. The Bertz CT molecular complexity index is 425. The maximum atomic E-state index is 3.56. The molecule has 2 saturated carbocycles. The van der Waals surface area contributed by atoms with Gasteiger partial charge in [-0.05, 0) is 68.0 Å². The Morgan fingerprint density at radius 3 is 2.79 bits per heavy atom. The Morgan fingerprint density at radius 1 is 1.26 bits per heavy atom. The summed E-state index contributed by atoms with van der Waals surface area (Å²) in [4.78, 5) is 0. The number of rotatable bonds is 5. The minimum atomic E-state index is 0.552. The number of fused-ring (bicyclic) bond motifs is 2. The molecule has 0 aliphatic heterocycles. The third kappa shape index (κ3) is 2.72. The van der Waals surface area contributed by atoms with Crippen molar-refractivity contribution < 1.29 is 0 Å². The van der Waals surface area contributed by atoms with Gasteiger partial charge in [0.25, 0.3) is 0 Å². The van der Waals surface area contributed by atoms with E-state index in [1.165, 1.54) is 43.2 Å². The Hall–Kier alpha value is -0.820. The molecule has 2 fully saturated rings. The number of hydrogen-bond donors (Lipinski definition) is 1. The molecule has 4 atom stereocenters. The van der Waals surface area contributed by atoms with Gasteiger partial charge in [0.2, 0.25) is 0 Å². The van der Waals surface area contributed by atoms with Crippen LogP contribution in [0.15, 0.2) is 24.3 Å². The van der Waals surface area contributed by atoms with Crippen LogP contribution in [0.25, 0.3) is 0 Å². The molecule has 19 heavy (non-hydrogen) atoms. The van der Waals surface area contributed by atoms with E-state index in [9.17, 15) is 0 Å². The van der Waals surface area contributed by atoms with E-state index in [1.54, 1.807) is 0 Å². The smallest absolute Gasteiger partial charge is 0.0320 e. The van der Waals surface area contributed by atoms with Crippen LogP contribution in [0.4, 0.5) is 0 Å². The fourth-order valence-electron chi connectivity index (χ4n) is 4.42. The van der Waals surface area contributed by atoms with E-state index in [4.69, 9.17) is 0 Å². The van der Waals surface area contributed by atoms with Crippen LogP contribution in [0, 0.1) is 17.8 Å². The van der Waals surface area contributed by atoms with Gasteiger partial charge in [-0.15, -0.1) is 0 Å². The highest BCUT2D eigenvalue weighted by molar-refractivity contribution is 5.26. The Balaban J connectivity index is 1.69. The number of hydrogen-bond acceptors (Lipinski definition) is 1. The van der Waals surface area contributed by atoms with Gasteiger partial charge in [0, 0.05) is 6.04 Å². The molecule has 2 bridgehead atoms. The van der Waals surface area contributed by atoms with Crippen LogP contribution in [-0.4, -0.2) is 7.05 Å². The molecule has 1 N–H and O–H groups in total. The zero-order valence-corrected chi connectivity index (χ0v) is 12.4. The third-order valence-electron chi connectivity index (χ3n) is 5.53. The second-order valence-corrected chi connectivity index (χ2v) is 6.61. The molecule has 0 heterocycles. The normalized spacial score (nSPS) is 30.7. The van der Waals surface area contributed by atoms with Gasteiger partial charge in [0.15, 0.2) is 0 Å².